The molecule has 1 rings (SSSR count). The van der Waals surface area contributed by atoms with Gasteiger partial charge in [0.25, 0.3) is 0 Å². The van der Waals surface area contributed by atoms with Gasteiger partial charge in [-0.3, -0.25) is 4.68 Å². The second-order valence-electron chi connectivity index (χ2n) is 3.73. The minimum Gasteiger partial charge on any atom is -0.366 e. The molecule has 0 bridgehead atoms. The Kier molecular flexibility index (Phi) is 3.34. The molecule has 0 aliphatic carbocycles. The summed E-state index contributed by atoms with van der Waals surface area (Å²) in [5.74, 6) is 1.61. The summed E-state index contributed by atoms with van der Waals surface area (Å²) in [6.07, 6.45) is 2.00. The Morgan fingerprint density at radius 1 is 1.46 bits per heavy atom. The quantitative estimate of drug-likeness (QED) is 0.772. The van der Waals surface area contributed by atoms with Crippen molar-refractivity contribution in [3.8, 4) is 0 Å². The molecule has 3 heteroatoms. The topological polar surface area (TPSA) is 29.9 Å². The standard InChI is InChI=1S/C10H19N3/c1-5-13-7-6-10(12-13)11-9(4)8(2)3/h6-9H,5H2,1-4H3,(H,11,12). The molecular formula is C10H19N3. The van der Waals surface area contributed by atoms with Crippen molar-refractivity contribution in [3.63, 3.8) is 0 Å². The molecule has 0 aromatic carbocycles. The molecule has 1 heterocycles. The SMILES string of the molecule is CCn1ccc(NC(C)C(C)C)n1. The summed E-state index contributed by atoms with van der Waals surface area (Å²) in [6.45, 7) is 9.60. The molecule has 1 unspecified atom stereocenters. The highest BCUT2D eigenvalue weighted by atomic mass is 15.3. The second kappa shape index (κ2) is 4.30. The van der Waals surface area contributed by atoms with E-state index in [0.29, 0.717) is 12.0 Å². The number of hydrogen-bond acceptors (Lipinski definition) is 2. The van der Waals surface area contributed by atoms with Crippen molar-refractivity contribution in [1.29, 1.82) is 0 Å². The Morgan fingerprint density at radius 3 is 2.62 bits per heavy atom. The van der Waals surface area contributed by atoms with Crippen LogP contribution < -0.4 is 5.32 Å². The minimum atomic E-state index is 0.472. The Bertz CT molecular complexity index is 252. The van der Waals surface area contributed by atoms with Crippen LogP contribution in [-0.2, 0) is 6.54 Å². The Morgan fingerprint density at radius 2 is 2.15 bits per heavy atom. The van der Waals surface area contributed by atoms with Gasteiger partial charge in [0.15, 0.2) is 0 Å². The maximum Gasteiger partial charge on any atom is 0.148 e. The van der Waals surface area contributed by atoms with Crippen molar-refractivity contribution in [2.45, 2.75) is 40.3 Å². The third kappa shape index (κ3) is 2.76. The number of hydrogen-bond donors (Lipinski definition) is 1. The van der Waals surface area contributed by atoms with E-state index in [1.807, 2.05) is 16.9 Å². The van der Waals surface area contributed by atoms with Gasteiger partial charge in [0.1, 0.15) is 5.82 Å². The highest BCUT2D eigenvalue weighted by molar-refractivity contribution is 5.33. The molecule has 1 atom stereocenters. The molecule has 0 fully saturated rings. The van der Waals surface area contributed by atoms with E-state index in [4.69, 9.17) is 0 Å². The van der Waals surface area contributed by atoms with Crippen LogP contribution in [0.4, 0.5) is 5.82 Å². The van der Waals surface area contributed by atoms with Gasteiger partial charge in [-0.25, -0.2) is 0 Å². The summed E-state index contributed by atoms with van der Waals surface area (Å²) in [6, 6.07) is 2.49. The maximum atomic E-state index is 4.36. The molecule has 0 amide bonds. The zero-order valence-corrected chi connectivity index (χ0v) is 8.91. The lowest BCUT2D eigenvalue weighted by atomic mass is 10.1. The van der Waals surface area contributed by atoms with E-state index in [-0.39, 0.29) is 0 Å². The van der Waals surface area contributed by atoms with Gasteiger partial charge >= 0.3 is 0 Å². The van der Waals surface area contributed by atoms with E-state index in [0.717, 1.165) is 12.4 Å². The van der Waals surface area contributed by atoms with E-state index in [2.05, 4.69) is 38.1 Å². The monoisotopic (exact) mass is 181 g/mol. The van der Waals surface area contributed by atoms with Gasteiger partial charge in [-0.2, -0.15) is 5.10 Å². The van der Waals surface area contributed by atoms with Gasteiger partial charge in [0, 0.05) is 24.8 Å². The molecule has 1 aromatic rings. The smallest absolute Gasteiger partial charge is 0.148 e. The van der Waals surface area contributed by atoms with Crippen LogP contribution >= 0.6 is 0 Å². The van der Waals surface area contributed by atoms with Crippen molar-refractivity contribution in [1.82, 2.24) is 9.78 Å². The third-order valence-electron chi connectivity index (χ3n) is 2.34. The summed E-state index contributed by atoms with van der Waals surface area (Å²) >= 11 is 0. The highest BCUT2D eigenvalue weighted by Crippen LogP contribution is 2.09. The Labute approximate surface area is 80.1 Å². The minimum absolute atomic E-state index is 0.472. The molecule has 0 radical (unpaired) electrons. The van der Waals surface area contributed by atoms with Gasteiger partial charge in [0.05, 0.1) is 0 Å². The maximum absolute atomic E-state index is 4.36. The van der Waals surface area contributed by atoms with Gasteiger partial charge in [-0.1, -0.05) is 13.8 Å². The fourth-order valence-corrected chi connectivity index (χ4v) is 1.01. The van der Waals surface area contributed by atoms with Crippen LogP contribution in [0.1, 0.15) is 27.7 Å². The third-order valence-corrected chi connectivity index (χ3v) is 2.34. The van der Waals surface area contributed by atoms with Gasteiger partial charge in [-0.05, 0) is 19.8 Å². The summed E-state index contributed by atoms with van der Waals surface area (Å²) in [5.41, 5.74) is 0. The summed E-state index contributed by atoms with van der Waals surface area (Å²) < 4.78 is 1.93. The summed E-state index contributed by atoms with van der Waals surface area (Å²) in [7, 11) is 0. The first-order valence-electron chi connectivity index (χ1n) is 4.93. The first-order chi connectivity index (χ1) is 6.13. The Balaban J connectivity index is 2.53. The molecule has 13 heavy (non-hydrogen) atoms. The van der Waals surface area contributed by atoms with Gasteiger partial charge < -0.3 is 5.32 Å². The molecule has 1 aromatic heterocycles. The van der Waals surface area contributed by atoms with Crippen molar-refractivity contribution in [2.75, 3.05) is 5.32 Å². The lowest BCUT2D eigenvalue weighted by Gasteiger charge is -2.16. The average molecular weight is 181 g/mol. The van der Waals surface area contributed by atoms with Crippen LogP contribution in [0, 0.1) is 5.92 Å². The first-order valence-corrected chi connectivity index (χ1v) is 4.93. The summed E-state index contributed by atoms with van der Waals surface area (Å²) in [5, 5.41) is 7.72. The predicted molar refractivity (Wildman–Crippen MR) is 55.8 cm³/mol. The van der Waals surface area contributed by atoms with Crippen LogP contribution in [0.15, 0.2) is 12.3 Å². The molecule has 0 aliphatic heterocycles. The zero-order valence-electron chi connectivity index (χ0n) is 8.91. The normalized spacial score (nSPS) is 13.3. The van der Waals surface area contributed by atoms with Crippen molar-refractivity contribution in [3.05, 3.63) is 12.3 Å². The lowest BCUT2D eigenvalue weighted by molar-refractivity contribution is 0.555. The average Bonchev–Trinajstić information content (AvgIpc) is 2.52. The fourth-order valence-electron chi connectivity index (χ4n) is 1.01. The van der Waals surface area contributed by atoms with Crippen LogP contribution in [0.2, 0.25) is 0 Å². The van der Waals surface area contributed by atoms with E-state index >= 15 is 0 Å². The van der Waals surface area contributed by atoms with Crippen molar-refractivity contribution >= 4 is 5.82 Å². The summed E-state index contributed by atoms with van der Waals surface area (Å²) in [4.78, 5) is 0. The van der Waals surface area contributed by atoms with Crippen LogP contribution in [0.25, 0.3) is 0 Å². The van der Waals surface area contributed by atoms with Gasteiger partial charge in [-0.15, -0.1) is 0 Å². The number of nitrogens with one attached hydrogen (secondary N) is 1. The van der Waals surface area contributed by atoms with Crippen molar-refractivity contribution < 1.29 is 0 Å². The van der Waals surface area contributed by atoms with Crippen LogP contribution in [0.5, 0.6) is 0 Å². The second-order valence-corrected chi connectivity index (χ2v) is 3.73. The lowest BCUT2D eigenvalue weighted by Crippen LogP contribution is -2.21. The first kappa shape index (κ1) is 10.1. The van der Waals surface area contributed by atoms with Gasteiger partial charge in [0.2, 0.25) is 0 Å². The fraction of sp³-hybridized carbons (Fsp3) is 0.700. The van der Waals surface area contributed by atoms with E-state index in [1.54, 1.807) is 0 Å². The Hall–Kier alpha value is -0.990. The molecule has 0 aliphatic rings. The number of aryl methyl sites for hydroxylation is 1. The predicted octanol–water partition coefficient (Wildman–Crippen LogP) is 2.36. The number of aromatic nitrogens is 2. The number of nitrogens with zero attached hydrogens (tertiary/aromatic N) is 2. The zero-order chi connectivity index (χ0) is 9.84. The van der Waals surface area contributed by atoms with Crippen molar-refractivity contribution in [2.24, 2.45) is 5.92 Å². The molecular weight excluding hydrogens is 162 g/mol. The molecule has 3 nitrogen and oxygen atoms in total. The molecule has 0 saturated heterocycles. The van der Waals surface area contributed by atoms with Crippen LogP contribution in [0.3, 0.4) is 0 Å². The molecule has 74 valence electrons. The van der Waals surface area contributed by atoms with E-state index in [1.165, 1.54) is 0 Å². The van der Waals surface area contributed by atoms with E-state index < -0.39 is 0 Å². The number of rotatable bonds is 4. The molecule has 0 saturated carbocycles. The molecule has 1 N–H and O–H groups in total. The highest BCUT2D eigenvalue weighted by Gasteiger charge is 2.07. The van der Waals surface area contributed by atoms with E-state index in [9.17, 15) is 0 Å². The van der Waals surface area contributed by atoms with Crippen LogP contribution in [-0.4, -0.2) is 15.8 Å². The molecule has 0 spiro atoms. The number of anilines is 1. The largest absolute Gasteiger partial charge is 0.366 e.